The van der Waals surface area contributed by atoms with E-state index < -0.39 is 34.6 Å². The van der Waals surface area contributed by atoms with Crippen molar-refractivity contribution in [3.05, 3.63) is 64.1 Å². The Bertz CT molecular complexity index is 1630. The fourth-order valence-electron chi connectivity index (χ4n) is 6.00. The van der Waals surface area contributed by atoms with Crippen molar-refractivity contribution in [2.45, 2.75) is 38.0 Å². The molecule has 1 unspecified atom stereocenters. The van der Waals surface area contributed by atoms with Gasteiger partial charge in [-0.1, -0.05) is 0 Å². The molecule has 1 atom stereocenters. The van der Waals surface area contributed by atoms with E-state index in [9.17, 15) is 22.8 Å². The fraction of sp³-hybridized carbons (Fsp3) is 0.484. The van der Waals surface area contributed by atoms with E-state index in [1.807, 2.05) is 18.9 Å². The maximum Gasteiger partial charge on any atom is 0.417 e. The van der Waals surface area contributed by atoms with Crippen LogP contribution in [0.2, 0.25) is 0 Å². The van der Waals surface area contributed by atoms with Crippen LogP contribution in [-0.2, 0) is 13.2 Å². The first-order valence-electron chi connectivity index (χ1n) is 15.1. The summed E-state index contributed by atoms with van der Waals surface area (Å²) in [7, 11) is 3.24. The third-order valence-electron chi connectivity index (χ3n) is 9.02. The Morgan fingerprint density at radius 1 is 0.956 bits per heavy atom. The van der Waals surface area contributed by atoms with Gasteiger partial charge in [-0.05, 0) is 38.9 Å². The molecule has 1 N–H and O–H groups in total. The SMILES string of the molecule is CC1CN(c2cc(F)c(-c3cnc(N4CCN(C5CC5)CC4)nc3)cc2NC(=O)c2cn(C)c(=O)cc2C(F)(F)F)CCN1C. The molecule has 10 nitrogen and oxygen atoms in total. The zero-order chi connectivity index (χ0) is 32.0. The van der Waals surface area contributed by atoms with Crippen LogP contribution in [-0.4, -0.2) is 95.2 Å². The largest absolute Gasteiger partial charge is 0.417 e. The first-order chi connectivity index (χ1) is 21.4. The van der Waals surface area contributed by atoms with E-state index in [4.69, 9.17) is 0 Å². The minimum Gasteiger partial charge on any atom is -0.367 e. The van der Waals surface area contributed by atoms with Gasteiger partial charge in [0, 0.05) is 101 Å². The second kappa shape index (κ2) is 12.0. The van der Waals surface area contributed by atoms with Crippen molar-refractivity contribution in [1.82, 2.24) is 24.3 Å². The summed E-state index contributed by atoms with van der Waals surface area (Å²) < 4.78 is 58.3. The predicted molar refractivity (Wildman–Crippen MR) is 163 cm³/mol. The smallest absolute Gasteiger partial charge is 0.367 e. The lowest BCUT2D eigenvalue weighted by molar-refractivity contribution is -0.138. The van der Waals surface area contributed by atoms with Gasteiger partial charge in [-0.15, -0.1) is 0 Å². The van der Waals surface area contributed by atoms with Gasteiger partial charge in [-0.2, -0.15) is 13.2 Å². The number of benzene rings is 1. The Labute approximate surface area is 258 Å². The van der Waals surface area contributed by atoms with E-state index in [0.717, 1.165) is 36.9 Å². The maximum absolute atomic E-state index is 15.8. The molecule has 0 bridgehead atoms. The average molecular weight is 629 g/mol. The van der Waals surface area contributed by atoms with Crippen molar-refractivity contribution in [3.63, 3.8) is 0 Å². The zero-order valence-corrected chi connectivity index (χ0v) is 25.4. The summed E-state index contributed by atoms with van der Waals surface area (Å²) in [5, 5.41) is 2.60. The number of amides is 1. The lowest BCUT2D eigenvalue weighted by atomic mass is 10.0. The topological polar surface area (TPSA) is 89.8 Å². The van der Waals surface area contributed by atoms with Crippen LogP contribution in [0.1, 0.15) is 35.7 Å². The summed E-state index contributed by atoms with van der Waals surface area (Å²) in [6.45, 7) is 7.17. The molecular weight excluding hydrogens is 592 g/mol. The molecule has 1 saturated carbocycles. The first kappa shape index (κ1) is 31.0. The Morgan fingerprint density at radius 3 is 2.24 bits per heavy atom. The minimum atomic E-state index is -4.94. The van der Waals surface area contributed by atoms with Crippen molar-refractivity contribution in [1.29, 1.82) is 0 Å². The van der Waals surface area contributed by atoms with Gasteiger partial charge < -0.3 is 24.6 Å². The molecule has 1 aromatic carbocycles. The van der Waals surface area contributed by atoms with Crippen molar-refractivity contribution in [2.75, 3.05) is 68.0 Å². The molecule has 1 amide bonds. The van der Waals surface area contributed by atoms with Gasteiger partial charge in [0.1, 0.15) is 5.82 Å². The Hall–Kier alpha value is -4.04. The number of nitrogens with one attached hydrogen (secondary N) is 1. The van der Waals surface area contributed by atoms with Gasteiger partial charge in [-0.3, -0.25) is 14.5 Å². The Morgan fingerprint density at radius 2 is 1.62 bits per heavy atom. The van der Waals surface area contributed by atoms with Crippen LogP contribution < -0.4 is 20.7 Å². The molecule has 2 aromatic heterocycles. The lowest BCUT2D eigenvalue weighted by Gasteiger charge is -2.39. The quantitative estimate of drug-likeness (QED) is 0.414. The van der Waals surface area contributed by atoms with Crippen LogP contribution in [0.15, 0.2) is 41.6 Å². The van der Waals surface area contributed by atoms with Crippen LogP contribution >= 0.6 is 0 Å². The number of piperazine rings is 2. The van der Waals surface area contributed by atoms with Gasteiger partial charge >= 0.3 is 6.18 Å². The molecule has 4 heterocycles. The van der Waals surface area contributed by atoms with Crippen molar-refractivity contribution in [3.8, 4) is 11.1 Å². The van der Waals surface area contributed by atoms with E-state index in [-0.39, 0.29) is 17.3 Å². The molecule has 6 rings (SSSR count). The van der Waals surface area contributed by atoms with Crippen molar-refractivity contribution in [2.24, 2.45) is 7.05 Å². The molecule has 0 spiro atoms. The van der Waals surface area contributed by atoms with E-state index in [1.54, 1.807) is 0 Å². The van der Waals surface area contributed by atoms with Gasteiger partial charge in [0.2, 0.25) is 5.95 Å². The van der Waals surface area contributed by atoms with Crippen LogP contribution in [0.25, 0.3) is 11.1 Å². The van der Waals surface area contributed by atoms with Gasteiger partial charge in [0.25, 0.3) is 11.5 Å². The highest BCUT2D eigenvalue weighted by molar-refractivity contribution is 6.07. The van der Waals surface area contributed by atoms with Crippen molar-refractivity contribution < 1.29 is 22.4 Å². The predicted octanol–water partition coefficient (Wildman–Crippen LogP) is 3.68. The van der Waals surface area contributed by atoms with Crippen LogP contribution in [0.3, 0.4) is 0 Å². The first-order valence-corrected chi connectivity index (χ1v) is 15.1. The number of alkyl halides is 3. The second-order valence-corrected chi connectivity index (χ2v) is 12.2. The molecule has 1 aliphatic carbocycles. The number of aryl methyl sites for hydroxylation is 1. The van der Waals surface area contributed by atoms with Crippen LogP contribution in [0.5, 0.6) is 0 Å². The molecule has 2 saturated heterocycles. The third-order valence-corrected chi connectivity index (χ3v) is 9.02. The number of carbonyl (C=O) groups excluding carboxylic acids is 1. The number of rotatable bonds is 6. The average Bonchev–Trinajstić information content (AvgIpc) is 3.86. The highest BCUT2D eigenvalue weighted by atomic mass is 19.4. The molecule has 240 valence electrons. The van der Waals surface area contributed by atoms with E-state index in [2.05, 4.69) is 30.0 Å². The maximum atomic E-state index is 15.8. The molecule has 3 aromatic rings. The molecule has 3 fully saturated rings. The Balaban J connectivity index is 1.33. The number of likely N-dealkylation sites (N-methyl/N-ethyl adjacent to an activating group) is 1. The van der Waals surface area contributed by atoms with Crippen molar-refractivity contribution >= 4 is 23.2 Å². The number of pyridine rings is 1. The number of aromatic nitrogens is 3. The number of halogens is 4. The standard InChI is InChI=1S/C31H36F4N8O2/c1-19-17-43(7-6-39(19)2)27-14-25(32)22(20-15-36-30(37-16-20)42-10-8-41(9-11-42)21-4-5-21)12-26(27)38-29(45)23-18-40(3)28(44)13-24(23)31(33,34)35/h12-16,18-19,21H,4-11,17H2,1-3H3,(H,38,45). The number of nitrogens with zero attached hydrogens (tertiary/aromatic N) is 7. The normalized spacial score (nSPS) is 20.0. The molecule has 2 aliphatic heterocycles. The summed E-state index contributed by atoms with van der Waals surface area (Å²) in [6.07, 6.45) is 1.46. The highest BCUT2D eigenvalue weighted by Crippen LogP contribution is 2.37. The van der Waals surface area contributed by atoms with Crippen LogP contribution in [0, 0.1) is 5.82 Å². The molecular formula is C31H36F4N8O2. The zero-order valence-electron chi connectivity index (χ0n) is 25.4. The third kappa shape index (κ3) is 6.52. The number of hydrogen-bond donors (Lipinski definition) is 1. The minimum absolute atomic E-state index is 0.0952. The van der Waals surface area contributed by atoms with E-state index in [1.165, 1.54) is 44.4 Å². The summed E-state index contributed by atoms with van der Waals surface area (Å²) in [5.74, 6) is -1.11. The second-order valence-electron chi connectivity index (χ2n) is 12.2. The molecule has 3 aliphatic rings. The number of carbonyl (C=O) groups is 1. The molecule has 0 radical (unpaired) electrons. The Kier molecular flexibility index (Phi) is 8.29. The monoisotopic (exact) mass is 628 g/mol. The fourth-order valence-corrected chi connectivity index (χ4v) is 6.00. The van der Waals surface area contributed by atoms with Gasteiger partial charge in [0.15, 0.2) is 0 Å². The van der Waals surface area contributed by atoms with Crippen LogP contribution in [0.4, 0.5) is 34.9 Å². The molecule has 14 heteroatoms. The van der Waals surface area contributed by atoms with Gasteiger partial charge in [0.05, 0.1) is 22.5 Å². The number of anilines is 3. The number of hydrogen-bond acceptors (Lipinski definition) is 8. The summed E-state index contributed by atoms with van der Waals surface area (Å²) >= 11 is 0. The summed E-state index contributed by atoms with van der Waals surface area (Å²) in [4.78, 5) is 43.1. The molecule has 45 heavy (non-hydrogen) atoms. The van der Waals surface area contributed by atoms with Gasteiger partial charge in [-0.25, -0.2) is 14.4 Å². The summed E-state index contributed by atoms with van der Waals surface area (Å²) in [5.41, 5.74) is -2.03. The summed E-state index contributed by atoms with van der Waals surface area (Å²) in [6, 6.07) is 3.91. The van der Waals surface area contributed by atoms with E-state index in [0.29, 0.717) is 48.9 Å². The van der Waals surface area contributed by atoms with E-state index >= 15 is 4.39 Å². The highest BCUT2D eigenvalue weighted by Gasteiger charge is 2.37. The lowest BCUT2D eigenvalue weighted by Crippen LogP contribution is -2.50.